The first-order chi connectivity index (χ1) is 7.71. The number of hydrogen-bond donors (Lipinski definition) is 1. The Kier molecular flexibility index (Phi) is 6.06. The zero-order valence-electron chi connectivity index (χ0n) is 9.75. The van der Waals surface area contributed by atoms with Crippen LogP contribution in [0.3, 0.4) is 0 Å². The molecule has 1 N–H and O–H groups in total. The first-order valence-corrected chi connectivity index (χ1v) is 7.60. The number of amides is 1. The van der Waals surface area contributed by atoms with Gasteiger partial charge in [-0.3, -0.25) is 4.79 Å². The minimum absolute atomic E-state index is 0.0671. The summed E-state index contributed by atoms with van der Waals surface area (Å²) in [4.78, 5) is 14.0. The fraction of sp³-hybridized carbons (Fsp3) is 0.583. The molecule has 0 fully saturated rings. The molecule has 1 aromatic heterocycles. The summed E-state index contributed by atoms with van der Waals surface area (Å²) >= 11 is 4.99. The molecule has 0 saturated carbocycles. The van der Waals surface area contributed by atoms with Crippen molar-refractivity contribution in [1.29, 1.82) is 0 Å². The average molecular weight is 304 g/mol. The zero-order valence-corrected chi connectivity index (χ0v) is 12.2. The van der Waals surface area contributed by atoms with Crippen molar-refractivity contribution in [2.75, 3.05) is 5.33 Å². The van der Waals surface area contributed by atoms with Gasteiger partial charge in [0.05, 0.1) is 4.88 Å². The van der Waals surface area contributed by atoms with Crippen LogP contribution >= 0.6 is 27.3 Å². The van der Waals surface area contributed by atoms with Crippen molar-refractivity contribution in [3.8, 4) is 0 Å². The molecule has 1 atom stereocenters. The van der Waals surface area contributed by atoms with Crippen molar-refractivity contribution in [1.82, 2.24) is 5.32 Å². The summed E-state index contributed by atoms with van der Waals surface area (Å²) in [6.45, 7) is 4.20. The summed E-state index contributed by atoms with van der Waals surface area (Å²) in [6.07, 6.45) is 2.95. The molecule has 0 bridgehead atoms. The number of carbonyl (C=O) groups excluding carboxylic acids is 1. The second kappa shape index (κ2) is 7.07. The van der Waals surface area contributed by atoms with E-state index in [1.807, 2.05) is 12.1 Å². The topological polar surface area (TPSA) is 29.1 Å². The minimum atomic E-state index is 0.0671. The number of halogens is 1. The second-order valence-electron chi connectivity index (χ2n) is 3.68. The lowest BCUT2D eigenvalue weighted by Crippen LogP contribution is -2.34. The molecule has 0 radical (unpaired) electrons. The third-order valence-electron chi connectivity index (χ3n) is 2.52. The molecule has 0 aromatic carbocycles. The summed E-state index contributed by atoms with van der Waals surface area (Å²) in [5, 5.41) is 3.99. The van der Waals surface area contributed by atoms with Gasteiger partial charge in [0.2, 0.25) is 0 Å². The number of hydrogen-bond acceptors (Lipinski definition) is 2. The molecule has 0 spiro atoms. The molecule has 1 unspecified atom stereocenters. The lowest BCUT2D eigenvalue weighted by molar-refractivity contribution is 0.0939. The lowest BCUT2D eigenvalue weighted by Gasteiger charge is -2.14. The predicted octanol–water partition coefficient (Wildman–Crippen LogP) is 3.60. The van der Waals surface area contributed by atoms with Crippen LogP contribution in [0, 0.1) is 0 Å². The second-order valence-corrected chi connectivity index (χ2v) is 5.64. The zero-order chi connectivity index (χ0) is 12.0. The maximum Gasteiger partial charge on any atom is 0.261 e. The van der Waals surface area contributed by atoms with Crippen molar-refractivity contribution < 1.29 is 4.79 Å². The first-order valence-electron chi connectivity index (χ1n) is 5.66. The van der Waals surface area contributed by atoms with Crippen LogP contribution in [0.25, 0.3) is 0 Å². The summed E-state index contributed by atoms with van der Waals surface area (Å²) in [6, 6.07) is 4.23. The predicted molar refractivity (Wildman–Crippen MR) is 73.7 cm³/mol. The van der Waals surface area contributed by atoms with Crippen LogP contribution in [0.15, 0.2) is 12.1 Å². The van der Waals surface area contributed by atoms with Gasteiger partial charge in [0.15, 0.2) is 0 Å². The molecule has 16 heavy (non-hydrogen) atoms. The number of aryl methyl sites for hydroxylation is 1. The standard InChI is InChI=1S/C12H18BrNOS/c1-3-9(7-8-13)14-12(15)11-6-5-10(4-2)16-11/h5-6,9H,3-4,7-8H2,1-2H3,(H,14,15). The third kappa shape index (κ3) is 3.91. The monoisotopic (exact) mass is 303 g/mol. The maximum absolute atomic E-state index is 11.9. The highest BCUT2D eigenvalue weighted by atomic mass is 79.9. The molecular formula is C12H18BrNOS. The molecule has 1 heterocycles. The van der Waals surface area contributed by atoms with E-state index < -0.39 is 0 Å². The van der Waals surface area contributed by atoms with Crippen LogP contribution in [0.1, 0.15) is 41.2 Å². The molecule has 4 heteroatoms. The molecule has 2 nitrogen and oxygen atoms in total. The van der Waals surface area contributed by atoms with E-state index >= 15 is 0 Å². The molecular weight excluding hydrogens is 286 g/mol. The third-order valence-corrected chi connectivity index (χ3v) is 4.21. The van der Waals surface area contributed by atoms with E-state index in [1.54, 1.807) is 11.3 Å². The van der Waals surface area contributed by atoms with E-state index in [4.69, 9.17) is 0 Å². The van der Waals surface area contributed by atoms with Gasteiger partial charge in [-0.15, -0.1) is 11.3 Å². The van der Waals surface area contributed by atoms with Gasteiger partial charge in [-0.2, -0.15) is 0 Å². The molecule has 1 rings (SSSR count). The fourth-order valence-electron chi connectivity index (χ4n) is 1.46. The molecule has 0 aliphatic rings. The smallest absolute Gasteiger partial charge is 0.261 e. The van der Waals surface area contributed by atoms with Crippen LogP contribution in [0.5, 0.6) is 0 Å². The minimum Gasteiger partial charge on any atom is -0.349 e. The Morgan fingerprint density at radius 3 is 2.75 bits per heavy atom. The number of alkyl halides is 1. The van der Waals surface area contributed by atoms with Gasteiger partial charge in [0, 0.05) is 16.2 Å². The summed E-state index contributed by atoms with van der Waals surface area (Å²) < 4.78 is 0. The van der Waals surface area contributed by atoms with E-state index in [-0.39, 0.29) is 11.9 Å². The molecule has 1 amide bonds. The Balaban J connectivity index is 2.56. The highest BCUT2D eigenvalue weighted by Gasteiger charge is 2.13. The number of nitrogens with one attached hydrogen (secondary N) is 1. The normalized spacial score (nSPS) is 12.4. The highest BCUT2D eigenvalue weighted by Crippen LogP contribution is 2.17. The summed E-state index contributed by atoms with van der Waals surface area (Å²) in [7, 11) is 0. The Labute approximate surface area is 110 Å². The van der Waals surface area contributed by atoms with Crippen molar-refractivity contribution >= 4 is 33.2 Å². The van der Waals surface area contributed by atoms with Gasteiger partial charge in [-0.1, -0.05) is 29.8 Å². The highest BCUT2D eigenvalue weighted by molar-refractivity contribution is 9.09. The fourth-order valence-corrected chi connectivity index (χ4v) is 2.86. The summed E-state index contributed by atoms with van der Waals surface area (Å²) in [5.41, 5.74) is 0. The first kappa shape index (κ1) is 13.7. The van der Waals surface area contributed by atoms with E-state index in [2.05, 4.69) is 35.1 Å². The van der Waals surface area contributed by atoms with Gasteiger partial charge in [0.1, 0.15) is 0 Å². The van der Waals surface area contributed by atoms with E-state index in [9.17, 15) is 4.79 Å². The molecule has 0 saturated heterocycles. The quantitative estimate of drug-likeness (QED) is 0.799. The van der Waals surface area contributed by atoms with Crippen LogP contribution < -0.4 is 5.32 Å². The van der Waals surface area contributed by atoms with Gasteiger partial charge in [-0.05, 0) is 31.4 Å². The average Bonchev–Trinajstić information content (AvgIpc) is 2.76. The number of carbonyl (C=O) groups is 1. The van der Waals surface area contributed by atoms with Gasteiger partial charge < -0.3 is 5.32 Å². The molecule has 0 aliphatic heterocycles. The van der Waals surface area contributed by atoms with Crippen molar-refractivity contribution in [2.24, 2.45) is 0 Å². The van der Waals surface area contributed by atoms with E-state index in [0.717, 1.165) is 29.5 Å². The molecule has 0 aliphatic carbocycles. The SMILES string of the molecule is CCc1ccc(C(=O)NC(CC)CCBr)s1. The van der Waals surface area contributed by atoms with E-state index in [0.29, 0.717) is 0 Å². The van der Waals surface area contributed by atoms with Crippen molar-refractivity contribution in [3.63, 3.8) is 0 Å². The van der Waals surface area contributed by atoms with Gasteiger partial charge >= 0.3 is 0 Å². The maximum atomic E-state index is 11.9. The molecule has 90 valence electrons. The van der Waals surface area contributed by atoms with E-state index in [1.165, 1.54) is 4.88 Å². The number of rotatable bonds is 6. The van der Waals surface area contributed by atoms with Crippen molar-refractivity contribution in [2.45, 2.75) is 39.2 Å². The Bertz CT molecular complexity index is 338. The largest absolute Gasteiger partial charge is 0.349 e. The number of thiophene rings is 1. The van der Waals surface area contributed by atoms with Crippen LogP contribution in [0.2, 0.25) is 0 Å². The van der Waals surface area contributed by atoms with Crippen LogP contribution in [-0.2, 0) is 6.42 Å². The molecule has 1 aromatic rings. The Morgan fingerprint density at radius 2 is 2.25 bits per heavy atom. The van der Waals surface area contributed by atoms with Gasteiger partial charge in [0.25, 0.3) is 5.91 Å². The Hall–Kier alpha value is -0.350. The lowest BCUT2D eigenvalue weighted by atomic mass is 10.2. The van der Waals surface area contributed by atoms with Gasteiger partial charge in [-0.25, -0.2) is 0 Å². The Morgan fingerprint density at radius 1 is 1.50 bits per heavy atom. The van der Waals surface area contributed by atoms with Crippen LogP contribution in [-0.4, -0.2) is 17.3 Å². The van der Waals surface area contributed by atoms with Crippen molar-refractivity contribution in [3.05, 3.63) is 21.9 Å². The summed E-state index contributed by atoms with van der Waals surface area (Å²) in [5.74, 6) is 0.0671. The van der Waals surface area contributed by atoms with Crippen LogP contribution in [0.4, 0.5) is 0 Å².